The summed E-state index contributed by atoms with van der Waals surface area (Å²) in [5.74, 6) is 0.962. The summed E-state index contributed by atoms with van der Waals surface area (Å²) in [6, 6.07) is 3.31. The summed E-state index contributed by atoms with van der Waals surface area (Å²) in [4.78, 5) is 10.5. The van der Waals surface area contributed by atoms with E-state index in [9.17, 15) is 4.39 Å². The summed E-state index contributed by atoms with van der Waals surface area (Å²) in [5.41, 5.74) is 0. The first-order valence-electron chi connectivity index (χ1n) is 10.2. The molecule has 1 aromatic heterocycles. The monoisotopic (exact) mass is 505 g/mol. The highest BCUT2D eigenvalue weighted by molar-refractivity contribution is 14.0. The Hall–Kier alpha value is -1.16. The van der Waals surface area contributed by atoms with Crippen LogP contribution in [0.15, 0.2) is 23.3 Å². The maximum atomic E-state index is 13.9. The molecule has 8 heteroatoms. The number of hydrogen-bond donors (Lipinski definition) is 2. The minimum atomic E-state index is -0.265. The van der Waals surface area contributed by atoms with Crippen molar-refractivity contribution < 1.29 is 9.13 Å². The van der Waals surface area contributed by atoms with Crippen molar-refractivity contribution in [3.63, 3.8) is 0 Å². The minimum Gasteiger partial charge on any atom is -0.378 e. The van der Waals surface area contributed by atoms with Gasteiger partial charge in [-0.3, -0.25) is 4.99 Å². The van der Waals surface area contributed by atoms with E-state index in [4.69, 9.17) is 4.74 Å². The smallest absolute Gasteiger partial charge is 0.191 e. The number of anilines is 1. The van der Waals surface area contributed by atoms with E-state index in [1.54, 1.807) is 19.3 Å². The Bertz CT molecular complexity index is 612. The van der Waals surface area contributed by atoms with Gasteiger partial charge >= 0.3 is 0 Å². The Balaban J connectivity index is 0.00000280. The number of aromatic nitrogens is 1. The van der Waals surface area contributed by atoms with Crippen LogP contribution in [0.3, 0.4) is 0 Å². The molecule has 1 saturated carbocycles. The van der Waals surface area contributed by atoms with Gasteiger partial charge in [0.15, 0.2) is 17.6 Å². The van der Waals surface area contributed by atoms with Crippen LogP contribution < -0.4 is 15.5 Å². The summed E-state index contributed by atoms with van der Waals surface area (Å²) < 4.78 is 19.9. The molecule has 0 bridgehead atoms. The zero-order chi connectivity index (χ0) is 18.9. The van der Waals surface area contributed by atoms with Crippen molar-refractivity contribution in [2.75, 3.05) is 38.2 Å². The van der Waals surface area contributed by atoms with Gasteiger partial charge in [0.25, 0.3) is 0 Å². The third-order valence-electron chi connectivity index (χ3n) is 5.31. The zero-order valence-electron chi connectivity index (χ0n) is 16.7. The number of aliphatic imine (C=N–C) groups is 1. The van der Waals surface area contributed by atoms with Gasteiger partial charge in [-0.1, -0.05) is 19.3 Å². The van der Waals surface area contributed by atoms with E-state index < -0.39 is 0 Å². The fourth-order valence-corrected chi connectivity index (χ4v) is 3.83. The molecule has 2 aliphatic rings. The van der Waals surface area contributed by atoms with Crippen molar-refractivity contribution in [2.45, 2.75) is 57.1 Å². The molecule has 2 N–H and O–H groups in total. The van der Waals surface area contributed by atoms with Crippen LogP contribution in [0.2, 0.25) is 0 Å². The minimum absolute atomic E-state index is 0. The van der Waals surface area contributed by atoms with E-state index in [0.717, 1.165) is 45.0 Å². The van der Waals surface area contributed by atoms with Gasteiger partial charge in [-0.15, -0.1) is 24.0 Å². The fourth-order valence-electron chi connectivity index (χ4n) is 3.83. The van der Waals surface area contributed by atoms with Crippen LogP contribution in [0.4, 0.5) is 10.2 Å². The lowest BCUT2D eigenvalue weighted by Gasteiger charge is -2.22. The summed E-state index contributed by atoms with van der Waals surface area (Å²) in [7, 11) is 1.78. The van der Waals surface area contributed by atoms with Crippen LogP contribution in [-0.2, 0) is 4.74 Å². The average molecular weight is 505 g/mol. The fraction of sp³-hybridized carbons (Fsp3) is 0.700. The molecule has 1 aliphatic carbocycles. The lowest BCUT2D eigenvalue weighted by atomic mass is 9.98. The molecule has 3 rings (SSSR count). The molecule has 0 spiro atoms. The van der Waals surface area contributed by atoms with Crippen molar-refractivity contribution in [1.29, 1.82) is 0 Å². The molecule has 0 aromatic carbocycles. The number of hydrogen-bond acceptors (Lipinski definition) is 4. The third kappa shape index (κ3) is 7.02. The molecule has 1 aromatic rings. The summed E-state index contributed by atoms with van der Waals surface area (Å²) >= 11 is 0. The number of pyridine rings is 1. The number of nitrogens with zero attached hydrogens (tertiary/aromatic N) is 3. The molecule has 158 valence electrons. The predicted octanol–water partition coefficient (Wildman–Crippen LogP) is 3.32. The third-order valence-corrected chi connectivity index (χ3v) is 5.31. The van der Waals surface area contributed by atoms with Crippen molar-refractivity contribution >= 4 is 35.8 Å². The average Bonchev–Trinajstić information content (AvgIpc) is 3.16. The number of rotatable bonds is 7. The summed E-state index contributed by atoms with van der Waals surface area (Å²) in [6.45, 7) is 3.14. The molecule has 2 heterocycles. The number of nitrogens with one attached hydrogen (secondary N) is 2. The largest absolute Gasteiger partial charge is 0.378 e. The second-order valence-corrected chi connectivity index (χ2v) is 7.37. The highest BCUT2D eigenvalue weighted by atomic mass is 127. The van der Waals surface area contributed by atoms with Gasteiger partial charge in [0.1, 0.15) is 0 Å². The SMILES string of the molecule is CN=C(NCCCOC1CCCCC1)NC1CCN(c2ncccc2F)C1.I. The second kappa shape index (κ2) is 12.4. The van der Waals surface area contributed by atoms with Crippen LogP contribution in [0.25, 0.3) is 0 Å². The molecule has 1 aliphatic heterocycles. The Labute approximate surface area is 184 Å². The first-order chi connectivity index (χ1) is 13.3. The molecular formula is C20H33FIN5O. The molecule has 1 unspecified atom stereocenters. The quantitative estimate of drug-likeness (QED) is 0.258. The second-order valence-electron chi connectivity index (χ2n) is 7.37. The highest BCUT2D eigenvalue weighted by Crippen LogP contribution is 2.21. The zero-order valence-corrected chi connectivity index (χ0v) is 19.0. The number of halogens is 2. The molecule has 6 nitrogen and oxygen atoms in total. The molecule has 1 saturated heterocycles. The Morgan fingerprint density at radius 1 is 1.32 bits per heavy atom. The standard InChI is InChI=1S/C20H32FN5O.HI/c1-22-20(24-12-6-14-27-17-7-3-2-4-8-17)25-16-10-13-26(15-16)19-18(21)9-5-11-23-19;/h5,9,11,16-17H,2-4,6-8,10,12-15H2,1H3,(H2,22,24,25);1H. The van der Waals surface area contributed by atoms with Gasteiger partial charge in [-0.25, -0.2) is 9.37 Å². The lowest BCUT2D eigenvalue weighted by Crippen LogP contribution is -2.45. The van der Waals surface area contributed by atoms with E-state index >= 15 is 0 Å². The lowest BCUT2D eigenvalue weighted by molar-refractivity contribution is 0.0277. The molecule has 0 amide bonds. The normalized spacial score (nSPS) is 20.7. The first kappa shape index (κ1) is 23.1. The highest BCUT2D eigenvalue weighted by Gasteiger charge is 2.25. The van der Waals surface area contributed by atoms with E-state index in [-0.39, 0.29) is 35.8 Å². The molecule has 2 fully saturated rings. The summed E-state index contributed by atoms with van der Waals surface area (Å²) in [6.07, 6.45) is 10.4. The van der Waals surface area contributed by atoms with Crippen molar-refractivity contribution in [2.24, 2.45) is 4.99 Å². The van der Waals surface area contributed by atoms with Crippen LogP contribution in [0, 0.1) is 5.82 Å². The maximum Gasteiger partial charge on any atom is 0.191 e. The first-order valence-corrected chi connectivity index (χ1v) is 10.2. The predicted molar refractivity (Wildman–Crippen MR) is 122 cm³/mol. The van der Waals surface area contributed by atoms with Gasteiger partial charge in [-0.2, -0.15) is 0 Å². The van der Waals surface area contributed by atoms with Crippen molar-refractivity contribution in [3.05, 3.63) is 24.1 Å². The summed E-state index contributed by atoms with van der Waals surface area (Å²) in [5, 5.41) is 6.78. The van der Waals surface area contributed by atoms with Gasteiger partial charge in [0.05, 0.1) is 6.10 Å². The maximum absolute atomic E-state index is 13.9. The van der Waals surface area contributed by atoms with Gasteiger partial charge < -0.3 is 20.3 Å². The molecule has 1 atom stereocenters. The Morgan fingerprint density at radius 2 is 2.14 bits per heavy atom. The van der Waals surface area contributed by atoms with Crippen LogP contribution in [-0.4, -0.2) is 56.4 Å². The van der Waals surface area contributed by atoms with Crippen LogP contribution >= 0.6 is 24.0 Å². The molecular weight excluding hydrogens is 472 g/mol. The van der Waals surface area contributed by atoms with Crippen LogP contribution in [0.1, 0.15) is 44.9 Å². The van der Waals surface area contributed by atoms with Crippen molar-refractivity contribution in [1.82, 2.24) is 15.6 Å². The van der Waals surface area contributed by atoms with Gasteiger partial charge in [-0.05, 0) is 37.8 Å². The van der Waals surface area contributed by atoms with E-state index in [1.807, 2.05) is 4.90 Å². The number of guanidine groups is 1. The van der Waals surface area contributed by atoms with Gasteiger partial charge in [0, 0.05) is 45.5 Å². The van der Waals surface area contributed by atoms with Crippen molar-refractivity contribution in [3.8, 4) is 0 Å². The number of ether oxygens (including phenoxy) is 1. The van der Waals surface area contributed by atoms with E-state index in [0.29, 0.717) is 11.9 Å². The topological polar surface area (TPSA) is 61.8 Å². The van der Waals surface area contributed by atoms with E-state index in [2.05, 4.69) is 20.6 Å². The molecule has 0 radical (unpaired) electrons. The molecule has 28 heavy (non-hydrogen) atoms. The van der Waals surface area contributed by atoms with Gasteiger partial charge in [0.2, 0.25) is 0 Å². The van der Waals surface area contributed by atoms with E-state index in [1.165, 1.54) is 38.2 Å². The Kier molecular flexibility index (Phi) is 10.3. The van der Waals surface area contributed by atoms with Crippen LogP contribution in [0.5, 0.6) is 0 Å². The Morgan fingerprint density at radius 3 is 2.89 bits per heavy atom.